The van der Waals surface area contributed by atoms with Crippen LogP contribution in [0.25, 0.3) is 5.57 Å². The van der Waals surface area contributed by atoms with Crippen LogP contribution in [0.1, 0.15) is 36.5 Å². The highest BCUT2D eigenvalue weighted by molar-refractivity contribution is 5.88. The van der Waals surface area contributed by atoms with Crippen molar-refractivity contribution in [1.29, 1.82) is 0 Å². The van der Waals surface area contributed by atoms with Crippen molar-refractivity contribution in [2.75, 3.05) is 0 Å². The fraction of sp³-hybridized carbons (Fsp3) is 0.294. The van der Waals surface area contributed by atoms with Gasteiger partial charge in [0.05, 0.1) is 0 Å². The average molecular weight is 222 g/mol. The average Bonchev–Trinajstić information content (AvgIpc) is 2.35. The standard InChI is InChI=1S/C17H18/c1-3-5-13-10-11-15-7-4-6-14-9-8-12(2)16(13)17(14)15/h3-7H,2,8-11H2,1H3/b5-3-. The van der Waals surface area contributed by atoms with E-state index in [1.165, 1.54) is 39.8 Å². The van der Waals surface area contributed by atoms with Gasteiger partial charge in [0.25, 0.3) is 0 Å². The van der Waals surface area contributed by atoms with Crippen molar-refractivity contribution >= 4 is 5.57 Å². The van der Waals surface area contributed by atoms with Gasteiger partial charge in [0.2, 0.25) is 0 Å². The minimum Gasteiger partial charge on any atom is -0.0952 e. The molecule has 0 aromatic heterocycles. The van der Waals surface area contributed by atoms with Gasteiger partial charge in [-0.3, -0.25) is 0 Å². The maximum absolute atomic E-state index is 4.28. The molecule has 0 nitrogen and oxygen atoms in total. The summed E-state index contributed by atoms with van der Waals surface area (Å²) >= 11 is 0. The summed E-state index contributed by atoms with van der Waals surface area (Å²) in [7, 11) is 0. The molecular formula is C17H18. The van der Waals surface area contributed by atoms with Gasteiger partial charge in [0, 0.05) is 0 Å². The van der Waals surface area contributed by atoms with Crippen molar-refractivity contribution in [3.63, 3.8) is 0 Å². The first-order valence-corrected chi connectivity index (χ1v) is 6.46. The van der Waals surface area contributed by atoms with Crippen LogP contribution in [0.2, 0.25) is 0 Å². The molecule has 0 radical (unpaired) electrons. The first-order valence-electron chi connectivity index (χ1n) is 6.46. The molecule has 17 heavy (non-hydrogen) atoms. The van der Waals surface area contributed by atoms with E-state index in [4.69, 9.17) is 0 Å². The van der Waals surface area contributed by atoms with E-state index < -0.39 is 0 Å². The summed E-state index contributed by atoms with van der Waals surface area (Å²) in [5.74, 6) is 0. The fourth-order valence-corrected chi connectivity index (χ4v) is 3.13. The Kier molecular flexibility index (Phi) is 2.51. The molecule has 3 rings (SSSR count). The summed E-state index contributed by atoms with van der Waals surface area (Å²) in [5, 5.41) is 0. The maximum Gasteiger partial charge on any atom is -0.0114 e. The molecule has 0 spiro atoms. The second-order valence-electron chi connectivity index (χ2n) is 4.96. The summed E-state index contributed by atoms with van der Waals surface area (Å²) in [6.07, 6.45) is 9.04. The Morgan fingerprint density at radius 2 is 1.76 bits per heavy atom. The summed E-state index contributed by atoms with van der Waals surface area (Å²) in [6.45, 7) is 6.38. The molecule has 0 bridgehead atoms. The number of hydrogen-bond donors (Lipinski definition) is 0. The van der Waals surface area contributed by atoms with Gasteiger partial charge < -0.3 is 0 Å². The maximum atomic E-state index is 4.28. The zero-order valence-electron chi connectivity index (χ0n) is 10.4. The Bertz CT molecular complexity index is 541. The van der Waals surface area contributed by atoms with E-state index >= 15 is 0 Å². The van der Waals surface area contributed by atoms with Crippen LogP contribution in [0.3, 0.4) is 0 Å². The van der Waals surface area contributed by atoms with Gasteiger partial charge in [-0.2, -0.15) is 0 Å². The summed E-state index contributed by atoms with van der Waals surface area (Å²) in [6, 6.07) is 6.77. The SMILES string of the molecule is C=C1CCc2cccc3c2C1=C(/C=C\C)CC3. The lowest BCUT2D eigenvalue weighted by molar-refractivity contribution is 0.876. The zero-order chi connectivity index (χ0) is 11.8. The van der Waals surface area contributed by atoms with Gasteiger partial charge >= 0.3 is 0 Å². The molecule has 0 fully saturated rings. The molecule has 1 aromatic carbocycles. The van der Waals surface area contributed by atoms with E-state index in [9.17, 15) is 0 Å². The predicted octanol–water partition coefficient (Wildman–Crippen LogP) is 4.46. The molecule has 0 saturated heterocycles. The molecule has 2 aliphatic carbocycles. The molecule has 0 atom stereocenters. The van der Waals surface area contributed by atoms with Crippen LogP contribution in [0, 0.1) is 0 Å². The monoisotopic (exact) mass is 222 g/mol. The Morgan fingerprint density at radius 1 is 1.06 bits per heavy atom. The second kappa shape index (κ2) is 4.03. The van der Waals surface area contributed by atoms with Crippen molar-refractivity contribution < 1.29 is 0 Å². The van der Waals surface area contributed by atoms with Crippen LogP contribution in [0.4, 0.5) is 0 Å². The van der Waals surface area contributed by atoms with E-state index in [0.717, 1.165) is 19.3 Å². The normalized spacial score (nSPS) is 18.8. The first-order chi connectivity index (χ1) is 8.31. The number of hydrogen-bond acceptors (Lipinski definition) is 0. The molecule has 0 N–H and O–H groups in total. The lowest BCUT2D eigenvalue weighted by atomic mass is 9.74. The Labute approximate surface area is 103 Å². The zero-order valence-corrected chi connectivity index (χ0v) is 10.4. The third kappa shape index (κ3) is 1.59. The van der Waals surface area contributed by atoms with Crippen LogP contribution in [0.15, 0.2) is 48.1 Å². The highest BCUT2D eigenvalue weighted by Gasteiger charge is 2.25. The van der Waals surface area contributed by atoms with Crippen molar-refractivity contribution in [2.45, 2.75) is 32.6 Å². The van der Waals surface area contributed by atoms with Gasteiger partial charge in [-0.25, -0.2) is 0 Å². The molecule has 0 aliphatic heterocycles. The van der Waals surface area contributed by atoms with Crippen LogP contribution < -0.4 is 0 Å². The van der Waals surface area contributed by atoms with Crippen molar-refractivity contribution in [2.24, 2.45) is 0 Å². The minimum atomic E-state index is 1.12. The van der Waals surface area contributed by atoms with E-state index in [1.807, 2.05) is 0 Å². The quantitative estimate of drug-likeness (QED) is 0.658. The smallest absolute Gasteiger partial charge is 0.0114 e. The van der Waals surface area contributed by atoms with Crippen molar-refractivity contribution in [3.8, 4) is 0 Å². The number of rotatable bonds is 1. The molecule has 0 unspecified atom stereocenters. The lowest BCUT2D eigenvalue weighted by Crippen LogP contribution is -2.13. The molecule has 0 heteroatoms. The number of aryl methyl sites for hydroxylation is 2. The summed E-state index contributed by atoms with van der Waals surface area (Å²) < 4.78 is 0. The summed E-state index contributed by atoms with van der Waals surface area (Å²) in [5.41, 5.74) is 8.81. The van der Waals surface area contributed by atoms with Crippen molar-refractivity contribution in [3.05, 3.63) is 64.8 Å². The van der Waals surface area contributed by atoms with E-state index in [0.29, 0.717) is 0 Å². The van der Waals surface area contributed by atoms with E-state index in [1.54, 1.807) is 0 Å². The van der Waals surface area contributed by atoms with Crippen molar-refractivity contribution in [1.82, 2.24) is 0 Å². The van der Waals surface area contributed by atoms with Crippen LogP contribution in [0.5, 0.6) is 0 Å². The predicted molar refractivity (Wildman–Crippen MR) is 74.0 cm³/mol. The third-order valence-corrected chi connectivity index (χ3v) is 3.89. The minimum absolute atomic E-state index is 1.12. The first kappa shape index (κ1) is 10.6. The van der Waals surface area contributed by atoms with Gasteiger partial charge in [-0.15, -0.1) is 0 Å². The fourth-order valence-electron chi connectivity index (χ4n) is 3.13. The molecule has 0 saturated carbocycles. The van der Waals surface area contributed by atoms with Gasteiger partial charge in [-0.05, 0) is 66.0 Å². The number of benzene rings is 1. The van der Waals surface area contributed by atoms with E-state index in [-0.39, 0.29) is 0 Å². The Morgan fingerprint density at radius 3 is 2.47 bits per heavy atom. The third-order valence-electron chi connectivity index (χ3n) is 3.89. The molecule has 2 aliphatic rings. The van der Waals surface area contributed by atoms with Crippen LogP contribution in [-0.4, -0.2) is 0 Å². The highest BCUT2D eigenvalue weighted by Crippen LogP contribution is 2.42. The Hall–Kier alpha value is -1.56. The summed E-state index contributed by atoms with van der Waals surface area (Å²) in [4.78, 5) is 0. The largest absolute Gasteiger partial charge is 0.0952 e. The molecule has 0 heterocycles. The molecule has 1 aromatic rings. The Balaban J connectivity index is 2.29. The topological polar surface area (TPSA) is 0 Å². The molecule has 86 valence electrons. The van der Waals surface area contributed by atoms with E-state index in [2.05, 4.69) is 43.9 Å². The second-order valence-corrected chi connectivity index (χ2v) is 4.96. The van der Waals surface area contributed by atoms with Gasteiger partial charge in [0.1, 0.15) is 0 Å². The number of allylic oxidation sites excluding steroid dienone is 5. The molecular weight excluding hydrogens is 204 g/mol. The van der Waals surface area contributed by atoms with Crippen LogP contribution >= 0.6 is 0 Å². The molecule has 0 amide bonds. The van der Waals surface area contributed by atoms with Gasteiger partial charge in [0.15, 0.2) is 0 Å². The van der Waals surface area contributed by atoms with Crippen LogP contribution in [-0.2, 0) is 12.8 Å². The highest BCUT2D eigenvalue weighted by atomic mass is 14.3. The lowest BCUT2D eigenvalue weighted by Gasteiger charge is -2.30. The van der Waals surface area contributed by atoms with Gasteiger partial charge in [-0.1, -0.05) is 36.9 Å².